The first kappa shape index (κ1) is 13.5. The van der Waals surface area contributed by atoms with E-state index in [0.717, 1.165) is 5.56 Å². The highest BCUT2D eigenvalue weighted by molar-refractivity contribution is 9.10. The second-order valence-electron chi connectivity index (χ2n) is 3.99. The standard InChI is InChI=1S/C12H12BrN3O3/c1-7-3-8(13)4-9(12(17)18)11(7)19-5-10-14-6-15-16(10)2/h3-4,6H,5H2,1-2H3,(H,17,18). The maximum absolute atomic E-state index is 11.2. The van der Waals surface area contributed by atoms with Crippen LogP contribution in [0.25, 0.3) is 0 Å². The number of carboxylic acid groups (broad SMARTS) is 1. The number of carboxylic acids is 1. The molecule has 1 aromatic heterocycles. The molecule has 1 N–H and O–H groups in total. The van der Waals surface area contributed by atoms with Gasteiger partial charge in [-0.05, 0) is 24.6 Å². The highest BCUT2D eigenvalue weighted by atomic mass is 79.9. The van der Waals surface area contributed by atoms with Gasteiger partial charge < -0.3 is 9.84 Å². The average molecular weight is 326 g/mol. The van der Waals surface area contributed by atoms with Crippen LogP contribution in [0.4, 0.5) is 0 Å². The van der Waals surface area contributed by atoms with E-state index in [1.165, 1.54) is 12.4 Å². The van der Waals surface area contributed by atoms with Gasteiger partial charge in [-0.2, -0.15) is 5.10 Å². The van der Waals surface area contributed by atoms with Gasteiger partial charge in [0.05, 0.1) is 0 Å². The minimum Gasteiger partial charge on any atom is -0.484 e. The fraction of sp³-hybridized carbons (Fsp3) is 0.250. The molecule has 100 valence electrons. The number of halogens is 1. The van der Waals surface area contributed by atoms with Crippen LogP contribution in [0.2, 0.25) is 0 Å². The summed E-state index contributed by atoms with van der Waals surface area (Å²) in [5.41, 5.74) is 0.864. The number of benzene rings is 1. The topological polar surface area (TPSA) is 77.2 Å². The molecule has 0 aliphatic rings. The molecule has 0 aliphatic carbocycles. The molecule has 0 atom stereocenters. The van der Waals surface area contributed by atoms with Gasteiger partial charge >= 0.3 is 5.97 Å². The first-order chi connectivity index (χ1) is 8.99. The Balaban J connectivity index is 2.29. The Morgan fingerprint density at radius 3 is 2.84 bits per heavy atom. The van der Waals surface area contributed by atoms with Crippen molar-refractivity contribution in [2.45, 2.75) is 13.5 Å². The minimum absolute atomic E-state index is 0.119. The summed E-state index contributed by atoms with van der Waals surface area (Å²) in [6.07, 6.45) is 1.42. The van der Waals surface area contributed by atoms with Crippen LogP contribution < -0.4 is 4.74 Å². The molecule has 0 aliphatic heterocycles. The Hall–Kier alpha value is -1.89. The smallest absolute Gasteiger partial charge is 0.339 e. The summed E-state index contributed by atoms with van der Waals surface area (Å²) in [5.74, 6) is -0.0604. The summed E-state index contributed by atoms with van der Waals surface area (Å²) in [7, 11) is 1.75. The summed E-state index contributed by atoms with van der Waals surface area (Å²) < 4.78 is 7.86. The van der Waals surface area contributed by atoms with E-state index >= 15 is 0 Å². The highest BCUT2D eigenvalue weighted by Crippen LogP contribution is 2.28. The molecule has 0 spiro atoms. The molecule has 0 radical (unpaired) electrons. The molecule has 2 aromatic rings. The minimum atomic E-state index is -1.03. The molecular weight excluding hydrogens is 314 g/mol. The Labute approximate surface area is 118 Å². The van der Waals surface area contributed by atoms with Gasteiger partial charge in [-0.1, -0.05) is 15.9 Å². The van der Waals surface area contributed by atoms with E-state index in [0.29, 0.717) is 16.0 Å². The number of ether oxygens (including phenoxy) is 1. The summed E-state index contributed by atoms with van der Waals surface area (Å²) in [6, 6.07) is 3.32. The van der Waals surface area contributed by atoms with E-state index in [1.54, 1.807) is 24.7 Å². The summed E-state index contributed by atoms with van der Waals surface area (Å²) in [4.78, 5) is 15.2. The van der Waals surface area contributed by atoms with Crippen molar-refractivity contribution in [3.8, 4) is 5.75 Å². The van der Waals surface area contributed by atoms with Crippen molar-refractivity contribution in [1.82, 2.24) is 14.8 Å². The van der Waals surface area contributed by atoms with Gasteiger partial charge in [0.2, 0.25) is 0 Å². The lowest BCUT2D eigenvalue weighted by atomic mass is 10.1. The van der Waals surface area contributed by atoms with E-state index in [1.807, 2.05) is 0 Å². The maximum atomic E-state index is 11.2. The average Bonchev–Trinajstić information content (AvgIpc) is 2.73. The molecule has 6 nitrogen and oxygen atoms in total. The third-order valence-electron chi connectivity index (χ3n) is 2.62. The number of aromatic nitrogens is 3. The quantitative estimate of drug-likeness (QED) is 0.932. The van der Waals surface area contributed by atoms with Crippen molar-refractivity contribution in [3.63, 3.8) is 0 Å². The van der Waals surface area contributed by atoms with Crippen LogP contribution >= 0.6 is 15.9 Å². The molecule has 0 amide bonds. The molecule has 19 heavy (non-hydrogen) atoms. The molecule has 2 rings (SSSR count). The Bertz CT molecular complexity index is 625. The Morgan fingerprint density at radius 2 is 2.26 bits per heavy atom. The van der Waals surface area contributed by atoms with Crippen LogP contribution in [0, 0.1) is 6.92 Å². The van der Waals surface area contributed by atoms with E-state index in [-0.39, 0.29) is 12.2 Å². The van der Waals surface area contributed by atoms with Crippen molar-refractivity contribution in [2.24, 2.45) is 7.05 Å². The molecule has 0 fully saturated rings. The largest absolute Gasteiger partial charge is 0.484 e. The molecule has 0 saturated heterocycles. The zero-order valence-electron chi connectivity index (χ0n) is 10.4. The van der Waals surface area contributed by atoms with Gasteiger partial charge in [0.15, 0.2) is 5.82 Å². The highest BCUT2D eigenvalue weighted by Gasteiger charge is 2.16. The molecule has 1 aromatic carbocycles. The lowest BCUT2D eigenvalue weighted by Crippen LogP contribution is -2.08. The van der Waals surface area contributed by atoms with Crippen LogP contribution in [0.15, 0.2) is 22.9 Å². The van der Waals surface area contributed by atoms with E-state index < -0.39 is 5.97 Å². The van der Waals surface area contributed by atoms with Gasteiger partial charge in [0.1, 0.15) is 24.2 Å². The summed E-state index contributed by atoms with van der Waals surface area (Å²) in [6.45, 7) is 1.96. The molecular formula is C12H12BrN3O3. The van der Waals surface area contributed by atoms with Crippen molar-refractivity contribution in [3.05, 3.63) is 39.9 Å². The Morgan fingerprint density at radius 1 is 1.53 bits per heavy atom. The van der Waals surface area contributed by atoms with E-state index in [4.69, 9.17) is 4.74 Å². The molecule has 1 heterocycles. The maximum Gasteiger partial charge on any atom is 0.339 e. The predicted molar refractivity (Wildman–Crippen MR) is 71.2 cm³/mol. The van der Waals surface area contributed by atoms with Crippen molar-refractivity contribution < 1.29 is 14.6 Å². The number of hydrogen-bond acceptors (Lipinski definition) is 4. The second-order valence-corrected chi connectivity index (χ2v) is 4.91. The normalized spacial score (nSPS) is 10.5. The van der Waals surface area contributed by atoms with Crippen molar-refractivity contribution in [2.75, 3.05) is 0 Å². The van der Waals surface area contributed by atoms with E-state index in [9.17, 15) is 9.90 Å². The van der Waals surface area contributed by atoms with Crippen LogP contribution in [-0.4, -0.2) is 25.8 Å². The zero-order valence-corrected chi connectivity index (χ0v) is 12.0. The van der Waals surface area contributed by atoms with Gasteiger partial charge in [-0.3, -0.25) is 4.68 Å². The third-order valence-corrected chi connectivity index (χ3v) is 3.08. The summed E-state index contributed by atoms with van der Waals surface area (Å²) in [5, 5.41) is 13.1. The second kappa shape index (κ2) is 5.40. The summed E-state index contributed by atoms with van der Waals surface area (Å²) >= 11 is 3.27. The third kappa shape index (κ3) is 2.93. The molecule has 7 heteroatoms. The fourth-order valence-electron chi connectivity index (χ4n) is 1.67. The monoisotopic (exact) mass is 325 g/mol. The Kier molecular flexibility index (Phi) is 3.84. The van der Waals surface area contributed by atoms with Gasteiger partial charge in [-0.15, -0.1) is 0 Å². The van der Waals surface area contributed by atoms with Gasteiger partial charge in [0.25, 0.3) is 0 Å². The van der Waals surface area contributed by atoms with E-state index in [2.05, 4.69) is 26.0 Å². The van der Waals surface area contributed by atoms with Crippen LogP contribution in [0.5, 0.6) is 5.75 Å². The van der Waals surface area contributed by atoms with Crippen LogP contribution in [0.3, 0.4) is 0 Å². The van der Waals surface area contributed by atoms with Gasteiger partial charge in [0, 0.05) is 11.5 Å². The van der Waals surface area contributed by atoms with Crippen molar-refractivity contribution in [1.29, 1.82) is 0 Å². The van der Waals surface area contributed by atoms with Crippen LogP contribution in [-0.2, 0) is 13.7 Å². The molecule has 0 saturated carbocycles. The number of carbonyl (C=O) groups is 1. The number of nitrogens with zero attached hydrogens (tertiary/aromatic N) is 3. The lowest BCUT2D eigenvalue weighted by molar-refractivity contribution is 0.0691. The zero-order chi connectivity index (χ0) is 14.0. The lowest BCUT2D eigenvalue weighted by Gasteiger charge is -2.12. The number of hydrogen-bond donors (Lipinski definition) is 1. The number of aryl methyl sites for hydroxylation is 2. The molecule has 0 unspecified atom stereocenters. The van der Waals surface area contributed by atoms with Gasteiger partial charge in [-0.25, -0.2) is 9.78 Å². The molecule has 0 bridgehead atoms. The van der Waals surface area contributed by atoms with Crippen LogP contribution in [0.1, 0.15) is 21.7 Å². The number of aromatic carboxylic acids is 1. The predicted octanol–water partition coefficient (Wildman–Crippen LogP) is 2.16. The SMILES string of the molecule is Cc1cc(Br)cc(C(=O)O)c1OCc1ncnn1C. The van der Waals surface area contributed by atoms with Crippen molar-refractivity contribution >= 4 is 21.9 Å². The number of rotatable bonds is 4. The first-order valence-corrected chi connectivity index (χ1v) is 6.27. The fourth-order valence-corrected chi connectivity index (χ4v) is 2.24. The first-order valence-electron chi connectivity index (χ1n) is 5.48.